The third kappa shape index (κ3) is 2.20. The molecular weight excluding hydrogens is 259 g/mol. The fraction of sp³-hybridized carbons (Fsp3) is 0.308. The summed E-state index contributed by atoms with van der Waals surface area (Å²) in [7, 11) is 0. The van der Waals surface area contributed by atoms with Gasteiger partial charge in [-0.15, -0.1) is 0 Å². The van der Waals surface area contributed by atoms with Crippen molar-refractivity contribution >= 4 is 23.6 Å². The van der Waals surface area contributed by atoms with E-state index in [-0.39, 0.29) is 5.57 Å². The number of hydrogen-bond acceptors (Lipinski definition) is 2. The van der Waals surface area contributed by atoms with Crippen LogP contribution in [0.2, 0.25) is 5.02 Å². The highest BCUT2D eigenvalue weighted by Gasteiger charge is 2.32. The third-order valence-electron chi connectivity index (χ3n) is 2.83. The minimum absolute atomic E-state index is 0.0841. The van der Waals surface area contributed by atoms with Gasteiger partial charge in [-0.05, 0) is 37.6 Å². The molecule has 96 valence electrons. The number of carboxylic acid groups (broad SMARTS) is 1. The first-order valence-corrected chi connectivity index (χ1v) is 5.83. The van der Waals surface area contributed by atoms with Gasteiger partial charge in [-0.1, -0.05) is 11.6 Å². The number of alkyl halides is 1. The highest BCUT2D eigenvalue weighted by atomic mass is 35.5. The van der Waals surface area contributed by atoms with Gasteiger partial charge in [-0.2, -0.15) is 0 Å². The highest BCUT2D eigenvalue weighted by Crippen LogP contribution is 2.35. The second kappa shape index (κ2) is 4.61. The molecule has 0 saturated carbocycles. The predicted molar refractivity (Wildman–Crippen MR) is 66.8 cm³/mol. The average molecular weight is 271 g/mol. The Labute approximate surface area is 109 Å². The van der Waals surface area contributed by atoms with E-state index in [1.807, 2.05) is 0 Å². The molecule has 1 aromatic carbocycles. The number of hydrogen-bond donors (Lipinski definition) is 1. The average Bonchev–Trinajstić information content (AvgIpc) is 2.28. The number of halogens is 2. The molecule has 0 bridgehead atoms. The van der Waals surface area contributed by atoms with Crippen LogP contribution >= 0.6 is 11.6 Å². The second-order valence-electron chi connectivity index (χ2n) is 4.26. The normalized spacial score (nSPS) is 19.6. The maximum atomic E-state index is 13.4. The molecule has 0 radical (unpaired) electrons. The van der Waals surface area contributed by atoms with Gasteiger partial charge in [-0.25, -0.2) is 9.18 Å². The standard InChI is InChI=1S/C13H12ClFO3/c1-6-3-8-4-9(13(16)17)12(7(2)15)18-11(8)5-10(6)14/h3-5,7,12H,1-2H3,(H,16,17). The van der Waals surface area contributed by atoms with Crippen molar-refractivity contribution in [3.8, 4) is 5.75 Å². The summed E-state index contributed by atoms with van der Waals surface area (Å²) in [5, 5.41) is 9.57. The summed E-state index contributed by atoms with van der Waals surface area (Å²) >= 11 is 5.96. The first kappa shape index (κ1) is 12.9. The van der Waals surface area contributed by atoms with Gasteiger partial charge in [0.15, 0.2) is 6.10 Å². The molecule has 2 unspecified atom stereocenters. The zero-order valence-electron chi connectivity index (χ0n) is 9.91. The molecule has 0 fully saturated rings. The van der Waals surface area contributed by atoms with Crippen LogP contribution < -0.4 is 4.74 Å². The molecule has 2 rings (SSSR count). The molecule has 0 aliphatic carbocycles. The topological polar surface area (TPSA) is 46.5 Å². The van der Waals surface area contributed by atoms with Crippen LogP contribution in [0.25, 0.3) is 6.08 Å². The SMILES string of the molecule is Cc1cc2c(cc1Cl)OC(C(C)F)C(C(=O)O)=C2. The molecule has 3 nitrogen and oxygen atoms in total. The lowest BCUT2D eigenvalue weighted by Crippen LogP contribution is -2.34. The second-order valence-corrected chi connectivity index (χ2v) is 4.67. The Balaban J connectivity index is 2.54. The van der Waals surface area contributed by atoms with E-state index in [1.54, 1.807) is 19.1 Å². The van der Waals surface area contributed by atoms with E-state index in [9.17, 15) is 9.18 Å². The van der Waals surface area contributed by atoms with E-state index >= 15 is 0 Å². The zero-order valence-corrected chi connectivity index (χ0v) is 10.7. The summed E-state index contributed by atoms with van der Waals surface area (Å²) < 4.78 is 18.8. The van der Waals surface area contributed by atoms with E-state index in [1.165, 1.54) is 13.0 Å². The summed E-state index contributed by atoms with van der Waals surface area (Å²) in [5.41, 5.74) is 1.33. The molecule has 1 heterocycles. The van der Waals surface area contributed by atoms with Gasteiger partial charge in [0, 0.05) is 10.6 Å². The lowest BCUT2D eigenvalue weighted by Gasteiger charge is -2.26. The van der Waals surface area contributed by atoms with Gasteiger partial charge < -0.3 is 9.84 Å². The molecular formula is C13H12ClFO3. The van der Waals surface area contributed by atoms with Crippen molar-refractivity contribution in [2.45, 2.75) is 26.1 Å². The molecule has 5 heteroatoms. The Bertz CT molecular complexity index is 537. The molecule has 1 N–H and O–H groups in total. The smallest absolute Gasteiger partial charge is 0.335 e. The Morgan fingerprint density at radius 3 is 2.78 bits per heavy atom. The summed E-state index contributed by atoms with van der Waals surface area (Å²) in [6.45, 7) is 3.07. The summed E-state index contributed by atoms with van der Waals surface area (Å²) in [6.07, 6.45) is -1.08. The zero-order chi connectivity index (χ0) is 13.4. The molecule has 18 heavy (non-hydrogen) atoms. The highest BCUT2D eigenvalue weighted by molar-refractivity contribution is 6.31. The van der Waals surface area contributed by atoms with Crippen LogP contribution in [0, 0.1) is 6.92 Å². The lowest BCUT2D eigenvalue weighted by molar-refractivity contribution is -0.133. The van der Waals surface area contributed by atoms with Gasteiger partial charge >= 0.3 is 5.97 Å². The molecule has 1 aliphatic heterocycles. The Morgan fingerprint density at radius 1 is 1.56 bits per heavy atom. The predicted octanol–water partition coefficient (Wildman–Crippen LogP) is 3.24. The Kier molecular flexibility index (Phi) is 3.30. The Hall–Kier alpha value is -1.55. The maximum absolute atomic E-state index is 13.4. The fourth-order valence-electron chi connectivity index (χ4n) is 1.88. The molecule has 0 amide bonds. The fourth-order valence-corrected chi connectivity index (χ4v) is 2.03. The summed E-state index contributed by atoms with van der Waals surface area (Å²) in [5.74, 6) is -0.771. The van der Waals surface area contributed by atoms with Crippen LogP contribution in [0.4, 0.5) is 4.39 Å². The molecule has 1 aliphatic rings. The van der Waals surface area contributed by atoms with Crippen LogP contribution in [0.5, 0.6) is 5.75 Å². The number of ether oxygens (including phenoxy) is 1. The van der Waals surface area contributed by atoms with Crippen molar-refractivity contribution in [1.82, 2.24) is 0 Å². The van der Waals surface area contributed by atoms with Gasteiger partial charge in [0.25, 0.3) is 0 Å². The van der Waals surface area contributed by atoms with Crippen LogP contribution in [-0.2, 0) is 4.79 Å². The van der Waals surface area contributed by atoms with Gasteiger partial charge in [0.05, 0.1) is 5.57 Å². The van der Waals surface area contributed by atoms with Crippen LogP contribution in [-0.4, -0.2) is 23.4 Å². The number of aliphatic carboxylic acids is 1. The van der Waals surface area contributed by atoms with Gasteiger partial charge in [-0.3, -0.25) is 0 Å². The van der Waals surface area contributed by atoms with Crippen LogP contribution in [0.1, 0.15) is 18.1 Å². The largest absolute Gasteiger partial charge is 0.482 e. The molecule has 0 aromatic heterocycles. The summed E-state index contributed by atoms with van der Waals surface area (Å²) in [6, 6.07) is 3.30. The van der Waals surface area contributed by atoms with Crippen LogP contribution in [0.15, 0.2) is 17.7 Å². The van der Waals surface area contributed by atoms with Crippen molar-refractivity contribution in [3.63, 3.8) is 0 Å². The van der Waals surface area contributed by atoms with Crippen molar-refractivity contribution in [3.05, 3.63) is 33.9 Å². The number of carboxylic acids is 1. The Morgan fingerprint density at radius 2 is 2.22 bits per heavy atom. The monoisotopic (exact) mass is 270 g/mol. The number of benzene rings is 1. The summed E-state index contributed by atoms with van der Waals surface area (Å²) in [4.78, 5) is 11.1. The van der Waals surface area contributed by atoms with Crippen molar-refractivity contribution < 1.29 is 19.0 Å². The van der Waals surface area contributed by atoms with Crippen molar-refractivity contribution in [1.29, 1.82) is 0 Å². The molecule has 1 aromatic rings. The van der Waals surface area contributed by atoms with Crippen LogP contribution in [0.3, 0.4) is 0 Å². The minimum atomic E-state index is -1.42. The lowest BCUT2D eigenvalue weighted by atomic mass is 9.98. The van der Waals surface area contributed by atoms with E-state index in [2.05, 4.69) is 0 Å². The number of carbonyl (C=O) groups is 1. The first-order valence-electron chi connectivity index (χ1n) is 5.46. The maximum Gasteiger partial charge on any atom is 0.335 e. The molecule has 0 saturated heterocycles. The van der Waals surface area contributed by atoms with Crippen molar-refractivity contribution in [2.75, 3.05) is 0 Å². The number of rotatable bonds is 2. The van der Waals surface area contributed by atoms with E-state index in [4.69, 9.17) is 21.4 Å². The van der Waals surface area contributed by atoms with E-state index in [0.717, 1.165) is 5.56 Å². The molecule has 0 spiro atoms. The van der Waals surface area contributed by atoms with E-state index in [0.29, 0.717) is 16.3 Å². The van der Waals surface area contributed by atoms with Gasteiger partial charge in [0.1, 0.15) is 11.9 Å². The van der Waals surface area contributed by atoms with Gasteiger partial charge in [0.2, 0.25) is 0 Å². The molecule has 2 atom stereocenters. The number of aryl methyl sites for hydroxylation is 1. The quantitative estimate of drug-likeness (QED) is 0.897. The van der Waals surface area contributed by atoms with E-state index < -0.39 is 18.2 Å². The third-order valence-corrected chi connectivity index (χ3v) is 3.23. The minimum Gasteiger partial charge on any atom is -0.482 e. The van der Waals surface area contributed by atoms with Crippen molar-refractivity contribution in [2.24, 2.45) is 0 Å². The number of fused-ring (bicyclic) bond motifs is 1. The first-order chi connectivity index (χ1) is 8.40.